The van der Waals surface area contributed by atoms with Gasteiger partial charge in [-0.05, 0) is 37.0 Å². The molecule has 2 aliphatic carbocycles. The van der Waals surface area contributed by atoms with Gasteiger partial charge in [0.1, 0.15) is 11.2 Å². The van der Waals surface area contributed by atoms with E-state index in [2.05, 4.69) is 5.32 Å². The van der Waals surface area contributed by atoms with Crippen LogP contribution in [0.3, 0.4) is 0 Å². The number of nitrogens with one attached hydrogen (secondary N) is 1. The van der Waals surface area contributed by atoms with Gasteiger partial charge in [-0.15, -0.1) is 0 Å². The second kappa shape index (κ2) is 5.24. The van der Waals surface area contributed by atoms with Crippen LogP contribution < -0.4 is 5.32 Å². The van der Waals surface area contributed by atoms with Gasteiger partial charge in [-0.1, -0.05) is 17.7 Å². The molecule has 2 saturated carbocycles. The highest BCUT2D eigenvalue weighted by Crippen LogP contribution is 2.63. The first-order chi connectivity index (χ1) is 10.6. The maximum absolute atomic E-state index is 13.0. The number of halogens is 1. The molecule has 0 unspecified atom stereocenters. The molecule has 2 atom stereocenters. The van der Waals surface area contributed by atoms with Crippen molar-refractivity contribution in [2.24, 2.45) is 16.7 Å². The summed E-state index contributed by atoms with van der Waals surface area (Å²) in [5.74, 6) is 0.0633. The topological polar surface area (TPSA) is 83.6 Å². The highest BCUT2D eigenvalue weighted by atomic mass is 32.3. The summed E-state index contributed by atoms with van der Waals surface area (Å²) >= 11 is 0. The predicted octanol–water partition coefficient (Wildman–Crippen LogP) is 1.18. The Balaban J connectivity index is 1.68. The number of ketones is 1. The quantitative estimate of drug-likeness (QED) is 0.614. The van der Waals surface area contributed by atoms with Crippen molar-refractivity contribution >= 4 is 22.1 Å². The minimum absolute atomic E-state index is 0.0278. The molecule has 3 rings (SSSR count). The second-order valence-corrected chi connectivity index (χ2v) is 8.92. The van der Waals surface area contributed by atoms with Gasteiger partial charge in [-0.3, -0.25) is 9.59 Å². The molecule has 0 aromatic heterocycles. The van der Waals surface area contributed by atoms with Crippen LogP contribution in [0.15, 0.2) is 0 Å². The Morgan fingerprint density at radius 3 is 2.30 bits per heavy atom. The van der Waals surface area contributed by atoms with E-state index in [0.717, 1.165) is 10.7 Å². The summed E-state index contributed by atoms with van der Waals surface area (Å²) < 4.78 is 35.5. The van der Waals surface area contributed by atoms with Gasteiger partial charge in [0.25, 0.3) is 0 Å². The number of hydrogen-bond donors (Lipinski definition) is 1. The van der Waals surface area contributed by atoms with E-state index in [1.807, 2.05) is 13.8 Å². The van der Waals surface area contributed by atoms with Crippen molar-refractivity contribution < 1.29 is 21.9 Å². The van der Waals surface area contributed by atoms with Crippen molar-refractivity contribution in [3.63, 3.8) is 0 Å². The van der Waals surface area contributed by atoms with Crippen LogP contribution in [-0.4, -0.2) is 43.5 Å². The van der Waals surface area contributed by atoms with Crippen LogP contribution >= 0.6 is 0 Å². The number of carbonyl (C=O) groups is 2. The summed E-state index contributed by atoms with van der Waals surface area (Å²) in [5.41, 5.74) is -1.28. The maximum atomic E-state index is 13.0. The van der Waals surface area contributed by atoms with Gasteiger partial charge >= 0.3 is 10.4 Å². The number of nitrogens with zero attached hydrogens (tertiary/aromatic N) is 1. The summed E-state index contributed by atoms with van der Waals surface area (Å²) in [6, 6.07) is -0.210. The Hall–Kier alpha value is -1.02. The lowest BCUT2D eigenvalue weighted by Gasteiger charge is -2.37. The molecule has 0 radical (unpaired) electrons. The fourth-order valence-corrected chi connectivity index (χ4v) is 5.38. The van der Waals surface area contributed by atoms with E-state index < -0.39 is 15.8 Å². The number of Topliss-reactive ketones (excluding diaryl/α,β-unsaturated/α-hetero) is 1. The number of carbonyl (C=O) groups excluding carboxylic acids is 2. The van der Waals surface area contributed by atoms with Crippen LogP contribution in [0.25, 0.3) is 0 Å². The van der Waals surface area contributed by atoms with Crippen LogP contribution in [0, 0.1) is 16.7 Å². The van der Waals surface area contributed by atoms with E-state index in [0.29, 0.717) is 25.7 Å². The van der Waals surface area contributed by atoms with Gasteiger partial charge in [0.05, 0.1) is 0 Å². The third-order valence-corrected chi connectivity index (χ3v) is 7.36. The third-order valence-electron chi connectivity index (χ3n) is 6.38. The first kappa shape index (κ1) is 16.8. The van der Waals surface area contributed by atoms with Gasteiger partial charge in [0.2, 0.25) is 5.91 Å². The SMILES string of the molecule is CC1(C)[C@@H]2CC[C@@]1(C(=O)NC1CCN(S(=O)(=O)F)CC1)C(=O)C2. The largest absolute Gasteiger partial charge is 0.374 e. The molecule has 1 N–H and O–H groups in total. The Morgan fingerprint density at radius 2 is 1.87 bits per heavy atom. The molecule has 1 heterocycles. The van der Waals surface area contributed by atoms with E-state index in [-0.39, 0.29) is 42.2 Å². The average Bonchev–Trinajstić information content (AvgIpc) is 2.81. The summed E-state index contributed by atoms with van der Waals surface area (Å²) in [7, 11) is -4.66. The molecule has 3 fully saturated rings. The minimum Gasteiger partial charge on any atom is -0.352 e. The molecule has 8 heteroatoms. The molecule has 1 aliphatic heterocycles. The fraction of sp³-hybridized carbons (Fsp3) is 0.867. The Kier molecular flexibility index (Phi) is 3.83. The predicted molar refractivity (Wildman–Crippen MR) is 81.3 cm³/mol. The second-order valence-electron chi connectivity index (χ2n) is 7.58. The molecule has 1 amide bonds. The minimum atomic E-state index is -4.66. The van der Waals surface area contributed by atoms with Crippen molar-refractivity contribution in [1.29, 1.82) is 0 Å². The van der Waals surface area contributed by atoms with E-state index in [9.17, 15) is 21.9 Å². The lowest BCUT2D eigenvalue weighted by molar-refractivity contribution is -0.145. The van der Waals surface area contributed by atoms with Crippen LogP contribution in [0.4, 0.5) is 3.89 Å². The molecule has 6 nitrogen and oxygen atoms in total. The van der Waals surface area contributed by atoms with Gasteiger partial charge < -0.3 is 5.32 Å². The van der Waals surface area contributed by atoms with Gasteiger partial charge in [0, 0.05) is 25.6 Å². The van der Waals surface area contributed by atoms with Gasteiger partial charge in [0.15, 0.2) is 0 Å². The number of piperidine rings is 1. The molecule has 0 aromatic rings. The summed E-state index contributed by atoms with van der Waals surface area (Å²) in [6.45, 7) is 4.09. The first-order valence-corrected chi connectivity index (χ1v) is 9.47. The Labute approximate surface area is 136 Å². The average molecular weight is 346 g/mol. The summed E-state index contributed by atoms with van der Waals surface area (Å²) in [5, 5.41) is 2.93. The van der Waals surface area contributed by atoms with Crippen molar-refractivity contribution in [2.75, 3.05) is 13.1 Å². The smallest absolute Gasteiger partial charge is 0.352 e. The van der Waals surface area contributed by atoms with Crippen LogP contribution in [-0.2, 0) is 20.0 Å². The summed E-state index contributed by atoms with van der Waals surface area (Å²) in [4.78, 5) is 25.3. The normalized spacial score (nSPS) is 34.7. The van der Waals surface area contributed by atoms with Crippen molar-refractivity contribution in [2.45, 2.75) is 52.0 Å². The zero-order chi connectivity index (χ0) is 17.0. The highest BCUT2D eigenvalue weighted by Gasteiger charge is 2.68. The highest BCUT2D eigenvalue weighted by molar-refractivity contribution is 7.83. The number of fused-ring (bicyclic) bond motifs is 2. The molecular formula is C15H23FN2O4S. The van der Waals surface area contributed by atoms with Crippen molar-refractivity contribution in [3.05, 3.63) is 0 Å². The molecule has 0 spiro atoms. The molecule has 1 saturated heterocycles. The number of hydrogen-bond acceptors (Lipinski definition) is 4. The standard InChI is InChI=1S/C15H23FN2O4S/c1-14(2)10-3-6-15(14,12(19)9-10)13(20)17-11-4-7-18(8-5-11)23(16,21)22/h10-11H,3-9H2,1-2H3,(H,17,20)/t10-,15+/m1/s1. The van der Waals surface area contributed by atoms with Gasteiger partial charge in [-0.2, -0.15) is 12.7 Å². The fourth-order valence-electron chi connectivity index (χ4n) is 4.74. The first-order valence-electron chi connectivity index (χ1n) is 8.13. The Bertz CT molecular complexity index is 640. The van der Waals surface area contributed by atoms with Crippen LogP contribution in [0.2, 0.25) is 0 Å². The Morgan fingerprint density at radius 1 is 1.26 bits per heavy atom. The number of amides is 1. The van der Waals surface area contributed by atoms with E-state index in [1.165, 1.54) is 0 Å². The molecular weight excluding hydrogens is 323 g/mol. The molecule has 23 heavy (non-hydrogen) atoms. The summed E-state index contributed by atoms with van der Waals surface area (Å²) in [6.07, 6.45) is 2.68. The van der Waals surface area contributed by atoms with E-state index in [1.54, 1.807) is 0 Å². The lowest BCUT2D eigenvalue weighted by Crippen LogP contribution is -2.54. The van der Waals surface area contributed by atoms with Crippen molar-refractivity contribution in [1.82, 2.24) is 9.62 Å². The molecule has 130 valence electrons. The molecule has 2 bridgehead atoms. The van der Waals surface area contributed by atoms with Crippen LogP contribution in [0.1, 0.15) is 46.0 Å². The zero-order valence-electron chi connectivity index (χ0n) is 13.5. The monoisotopic (exact) mass is 346 g/mol. The maximum Gasteiger partial charge on any atom is 0.374 e. The lowest BCUT2D eigenvalue weighted by atomic mass is 9.68. The third kappa shape index (κ3) is 2.41. The van der Waals surface area contributed by atoms with Gasteiger partial charge in [-0.25, -0.2) is 0 Å². The number of rotatable bonds is 3. The van der Waals surface area contributed by atoms with Crippen LogP contribution in [0.5, 0.6) is 0 Å². The van der Waals surface area contributed by atoms with Crippen molar-refractivity contribution in [3.8, 4) is 0 Å². The molecule has 0 aromatic carbocycles. The zero-order valence-corrected chi connectivity index (χ0v) is 14.3. The van der Waals surface area contributed by atoms with E-state index >= 15 is 0 Å². The van der Waals surface area contributed by atoms with E-state index in [4.69, 9.17) is 0 Å². The molecule has 3 aliphatic rings.